The zero-order valence-electron chi connectivity index (χ0n) is 14.0. The van der Waals surface area contributed by atoms with E-state index >= 15 is 0 Å². The molecule has 0 aliphatic carbocycles. The first kappa shape index (κ1) is 18.1. The number of halogens is 2. The molecule has 0 N–H and O–H groups in total. The number of carbonyl (C=O) groups excluding carboxylic acids is 1. The van der Waals surface area contributed by atoms with Crippen LogP contribution in [0.5, 0.6) is 0 Å². The number of alkyl halides is 1. The molecule has 0 bridgehead atoms. The van der Waals surface area contributed by atoms with Gasteiger partial charge in [-0.15, -0.1) is 11.6 Å². The number of nitrogens with zero attached hydrogens (tertiary/aromatic N) is 4. The number of amides is 1. The Bertz CT molecular complexity index is 722. The minimum Gasteiger partial charge on any atom is -0.345 e. The smallest absolute Gasteiger partial charge is 0.240 e. The lowest BCUT2D eigenvalue weighted by Gasteiger charge is -2.22. The molecule has 2 heterocycles. The molecule has 1 aliphatic rings. The Morgan fingerprint density at radius 3 is 2.76 bits per heavy atom. The topological polar surface area (TPSA) is 49.3 Å². The van der Waals surface area contributed by atoms with Crippen molar-refractivity contribution in [2.24, 2.45) is 0 Å². The molecule has 0 spiro atoms. The first-order valence-corrected chi connectivity index (χ1v) is 9.49. The second-order valence-electron chi connectivity index (χ2n) is 6.08. The molecule has 5 nitrogen and oxygen atoms in total. The first-order chi connectivity index (χ1) is 12.0. The van der Waals surface area contributed by atoms with Crippen molar-refractivity contribution in [2.75, 3.05) is 31.1 Å². The van der Waals surface area contributed by atoms with Crippen LogP contribution in [0.2, 0.25) is 0 Å². The van der Waals surface area contributed by atoms with E-state index in [1.165, 1.54) is 23.7 Å². The Morgan fingerprint density at radius 2 is 2.04 bits per heavy atom. The second-order valence-corrected chi connectivity index (χ2v) is 7.46. The van der Waals surface area contributed by atoms with E-state index in [1.54, 1.807) is 19.1 Å². The zero-order chi connectivity index (χ0) is 17.8. The van der Waals surface area contributed by atoms with Crippen molar-refractivity contribution in [1.82, 2.24) is 14.3 Å². The third kappa shape index (κ3) is 4.67. The molecule has 1 aromatic heterocycles. The van der Waals surface area contributed by atoms with Crippen molar-refractivity contribution in [2.45, 2.75) is 25.1 Å². The molecule has 3 rings (SSSR count). The van der Waals surface area contributed by atoms with Crippen LogP contribution < -0.4 is 4.90 Å². The molecule has 1 aliphatic heterocycles. The number of carbonyl (C=O) groups is 1. The summed E-state index contributed by atoms with van der Waals surface area (Å²) in [6.45, 7) is 4.63. The summed E-state index contributed by atoms with van der Waals surface area (Å²) in [4.78, 5) is 20.6. The fraction of sp³-hybridized carbons (Fsp3) is 0.471. The highest BCUT2D eigenvalue weighted by Crippen LogP contribution is 2.21. The minimum absolute atomic E-state index is 0.0159. The van der Waals surface area contributed by atoms with Crippen molar-refractivity contribution >= 4 is 34.2 Å². The summed E-state index contributed by atoms with van der Waals surface area (Å²) in [7, 11) is 0. The molecule has 25 heavy (non-hydrogen) atoms. The molecular weight excluding hydrogens is 363 g/mol. The molecule has 134 valence electrons. The van der Waals surface area contributed by atoms with Gasteiger partial charge in [-0.2, -0.15) is 4.37 Å². The van der Waals surface area contributed by atoms with Crippen LogP contribution in [0, 0.1) is 5.82 Å². The van der Waals surface area contributed by atoms with E-state index in [4.69, 9.17) is 11.6 Å². The second kappa shape index (κ2) is 8.10. The van der Waals surface area contributed by atoms with Gasteiger partial charge in [0, 0.05) is 44.1 Å². The molecular formula is C17H20ClFN4OS. The normalized spacial score (nSPS) is 16.6. The van der Waals surface area contributed by atoms with E-state index in [-0.39, 0.29) is 11.7 Å². The van der Waals surface area contributed by atoms with Gasteiger partial charge in [0.05, 0.1) is 0 Å². The van der Waals surface area contributed by atoms with E-state index in [9.17, 15) is 9.18 Å². The van der Waals surface area contributed by atoms with Crippen LogP contribution in [0.1, 0.15) is 24.7 Å². The van der Waals surface area contributed by atoms with Crippen LogP contribution in [-0.2, 0) is 11.2 Å². The molecule has 1 aromatic carbocycles. The van der Waals surface area contributed by atoms with E-state index in [0.29, 0.717) is 19.5 Å². The third-order valence-corrected chi connectivity index (χ3v) is 5.15. The van der Waals surface area contributed by atoms with Crippen LogP contribution >= 0.6 is 23.1 Å². The van der Waals surface area contributed by atoms with Gasteiger partial charge in [0.2, 0.25) is 11.0 Å². The van der Waals surface area contributed by atoms with Gasteiger partial charge in [-0.05, 0) is 31.0 Å². The van der Waals surface area contributed by atoms with Crippen molar-refractivity contribution < 1.29 is 9.18 Å². The van der Waals surface area contributed by atoms with E-state index in [2.05, 4.69) is 14.3 Å². The van der Waals surface area contributed by atoms with Gasteiger partial charge in [-0.25, -0.2) is 9.37 Å². The summed E-state index contributed by atoms with van der Waals surface area (Å²) in [6, 6.07) is 6.39. The Labute approximate surface area is 155 Å². The number of aromatic nitrogens is 2. The maximum atomic E-state index is 13.0. The average Bonchev–Trinajstić information content (AvgIpc) is 2.91. The largest absolute Gasteiger partial charge is 0.345 e. The van der Waals surface area contributed by atoms with Crippen LogP contribution in [0.4, 0.5) is 9.52 Å². The van der Waals surface area contributed by atoms with Crippen molar-refractivity contribution in [1.29, 1.82) is 0 Å². The average molecular weight is 383 g/mol. The van der Waals surface area contributed by atoms with Crippen LogP contribution in [0.15, 0.2) is 24.3 Å². The molecule has 1 atom stereocenters. The quantitative estimate of drug-likeness (QED) is 0.763. The number of rotatable bonds is 4. The summed E-state index contributed by atoms with van der Waals surface area (Å²) in [5, 5.41) is 0.376. The van der Waals surface area contributed by atoms with Gasteiger partial charge in [0.1, 0.15) is 17.0 Å². The minimum atomic E-state index is -0.490. The van der Waals surface area contributed by atoms with Gasteiger partial charge in [-0.1, -0.05) is 12.1 Å². The van der Waals surface area contributed by atoms with E-state index < -0.39 is 5.38 Å². The summed E-state index contributed by atoms with van der Waals surface area (Å²) >= 11 is 7.27. The fourth-order valence-corrected chi connectivity index (χ4v) is 3.69. The highest BCUT2D eigenvalue weighted by Gasteiger charge is 2.23. The molecule has 2 aromatic rings. The van der Waals surface area contributed by atoms with Crippen molar-refractivity contribution in [3.63, 3.8) is 0 Å². The highest BCUT2D eigenvalue weighted by molar-refractivity contribution is 7.09. The lowest BCUT2D eigenvalue weighted by atomic mass is 10.1. The summed E-state index contributed by atoms with van der Waals surface area (Å²) in [5.41, 5.74) is 0.981. The summed E-state index contributed by atoms with van der Waals surface area (Å²) in [5.74, 6) is 0.474. The van der Waals surface area contributed by atoms with E-state index in [1.807, 2.05) is 4.90 Å². The Kier molecular flexibility index (Phi) is 5.86. The molecule has 0 saturated carbocycles. The van der Waals surface area contributed by atoms with Gasteiger partial charge >= 0.3 is 0 Å². The zero-order valence-corrected chi connectivity index (χ0v) is 15.6. The standard InChI is InChI=1S/C17H20ClFN4OS/c1-12(18)16(24)22-7-2-8-23(10-9-22)17-20-15(21-25-17)11-13-3-5-14(19)6-4-13/h3-6,12H,2,7-11H2,1H3. The van der Waals surface area contributed by atoms with Crippen LogP contribution in [0.3, 0.4) is 0 Å². The predicted octanol–water partition coefficient (Wildman–Crippen LogP) is 2.93. The van der Waals surface area contributed by atoms with Gasteiger partial charge in [0.15, 0.2) is 0 Å². The number of anilines is 1. The molecule has 1 amide bonds. The summed E-state index contributed by atoms with van der Waals surface area (Å²) < 4.78 is 17.4. The Morgan fingerprint density at radius 1 is 1.28 bits per heavy atom. The first-order valence-electron chi connectivity index (χ1n) is 8.28. The van der Waals surface area contributed by atoms with Crippen molar-refractivity contribution in [3.05, 3.63) is 41.5 Å². The van der Waals surface area contributed by atoms with E-state index in [0.717, 1.165) is 36.0 Å². The monoisotopic (exact) mass is 382 g/mol. The molecule has 0 radical (unpaired) electrons. The third-order valence-electron chi connectivity index (χ3n) is 4.15. The maximum Gasteiger partial charge on any atom is 0.240 e. The number of benzene rings is 1. The van der Waals surface area contributed by atoms with Gasteiger partial charge in [0.25, 0.3) is 0 Å². The predicted molar refractivity (Wildman–Crippen MR) is 97.8 cm³/mol. The SMILES string of the molecule is CC(Cl)C(=O)N1CCCN(c2nc(Cc3ccc(F)cc3)ns2)CC1. The Balaban J connectivity index is 1.62. The lowest BCUT2D eigenvalue weighted by molar-refractivity contribution is -0.130. The molecule has 8 heteroatoms. The van der Waals surface area contributed by atoms with Crippen molar-refractivity contribution in [3.8, 4) is 0 Å². The highest BCUT2D eigenvalue weighted by atomic mass is 35.5. The number of hydrogen-bond donors (Lipinski definition) is 0. The van der Waals surface area contributed by atoms with Gasteiger partial charge in [-0.3, -0.25) is 4.79 Å². The molecule has 1 fully saturated rings. The number of hydrogen-bond acceptors (Lipinski definition) is 5. The Hall–Kier alpha value is -1.73. The van der Waals surface area contributed by atoms with Crippen LogP contribution in [-0.4, -0.2) is 51.7 Å². The molecule has 1 unspecified atom stereocenters. The molecule has 1 saturated heterocycles. The maximum absolute atomic E-state index is 13.0. The van der Waals surface area contributed by atoms with Gasteiger partial charge < -0.3 is 9.80 Å². The lowest BCUT2D eigenvalue weighted by Crippen LogP contribution is -2.38. The summed E-state index contributed by atoms with van der Waals surface area (Å²) in [6.07, 6.45) is 1.46. The van der Waals surface area contributed by atoms with Crippen LogP contribution in [0.25, 0.3) is 0 Å². The fourth-order valence-electron chi connectivity index (χ4n) is 2.81.